The highest BCUT2D eigenvalue weighted by molar-refractivity contribution is 7.11. The number of amides is 1. The highest BCUT2D eigenvalue weighted by Gasteiger charge is 2.33. The molecule has 0 radical (unpaired) electrons. The summed E-state index contributed by atoms with van der Waals surface area (Å²) in [6.07, 6.45) is 1.98. The molecule has 3 rings (SSSR count). The van der Waals surface area contributed by atoms with Crippen LogP contribution in [0.25, 0.3) is 5.70 Å². The van der Waals surface area contributed by atoms with Crippen molar-refractivity contribution in [1.29, 1.82) is 5.26 Å². The first-order chi connectivity index (χ1) is 9.79. The first-order valence-corrected chi connectivity index (χ1v) is 7.18. The third kappa shape index (κ3) is 2.24. The van der Waals surface area contributed by atoms with Gasteiger partial charge >= 0.3 is 0 Å². The van der Waals surface area contributed by atoms with Gasteiger partial charge in [0.15, 0.2) is 0 Å². The standard InChI is InChI=1S/C16H12N2OS/c17-10-13-12(11-5-2-1-3-6-11)9-14(18-16(13)19)15-7-4-8-20-15/h1-9,12-13H,(H,18,19)/t12-,13-/m1/s1. The fourth-order valence-corrected chi connectivity index (χ4v) is 3.08. The average Bonchev–Trinajstić information content (AvgIpc) is 3.01. The van der Waals surface area contributed by atoms with Gasteiger partial charge in [0, 0.05) is 5.92 Å². The van der Waals surface area contributed by atoms with Gasteiger partial charge in [0.05, 0.1) is 16.6 Å². The smallest absolute Gasteiger partial charge is 0.242 e. The van der Waals surface area contributed by atoms with Crippen molar-refractivity contribution in [2.45, 2.75) is 5.92 Å². The molecule has 2 heterocycles. The van der Waals surface area contributed by atoms with Crippen molar-refractivity contribution < 1.29 is 4.79 Å². The highest BCUT2D eigenvalue weighted by atomic mass is 32.1. The lowest BCUT2D eigenvalue weighted by atomic mass is 9.83. The molecule has 1 amide bonds. The van der Waals surface area contributed by atoms with Gasteiger partial charge in [-0.05, 0) is 17.0 Å². The van der Waals surface area contributed by atoms with Crippen LogP contribution >= 0.6 is 11.3 Å². The SMILES string of the molecule is N#C[C@H]1C(=O)NC(c2cccs2)=C[C@@H]1c1ccccc1. The van der Waals surface area contributed by atoms with Crippen molar-refractivity contribution in [2.75, 3.05) is 0 Å². The van der Waals surface area contributed by atoms with Gasteiger partial charge in [0.1, 0.15) is 5.92 Å². The van der Waals surface area contributed by atoms with Gasteiger partial charge in [0.2, 0.25) is 5.91 Å². The number of allylic oxidation sites excluding steroid dienone is 1. The van der Waals surface area contributed by atoms with E-state index in [1.165, 1.54) is 0 Å². The minimum Gasteiger partial charge on any atom is -0.324 e. The molecule has 0 spiro atoms. The monoisotopic (exact) mass is 280 g/mol. The Hall–Kier alpha value is -2.38. The van der Waals surface area contributed by atoms with Gasteiger partial charge in [-0.2, -0.15) is 5.26 Å². The summed E-state index contributed by atoms with van der Waals surface area (Å²) in [5, 5.41) is 14.1. The number of hydrogen-bond acceptors (Lipinski definition) is 3. The second-order valence-electron chi connectivity index (χ2n) is 4.59. The molecule has 1 aliphatic rings. The van der Waals surface area contributed by atoms with E-state index in [0.29, 0.717) is 0 Å². The Morgan fingerprint density at radius 1 is 1.15 bits per heavy atom. The minimum absolute atomic E-state index is 0.202. The number of benzene rings is 1. The van der Waals surface area contributed by atoms with Crippen molar-refractivity contribution in [2.24, 2.45) is 5.92 Å². The van der Waals surface area contributed by atoms with E-state index in [0.717, 1.165) is 16.1 Å². The fraction of sp³-hybridized carbons (Fsp3) is 0.125. The van der Waals surface area contributed by atoms with E-state index < -0.39 is 5.92 Å². The van der Waals surface area contributed by atoms with Gasteiger partial charge in [-0.15, -0.1) is 11.3 Å². The molecule has 1 aromatic heterocycles. The number of hydrogen-bond donors (Lipinski definition) is 1. The predicted octanol–water partition coefficient (Wildman–Crippen LogP) is 3.14. The zero-order valence-corrected chi connectivity index (χ0v) is 11.4. The predicted molar refractivity (Wildman–Crippen MR) is 78.7 cm³/mol. The Balaban J connectivity index is 2.06. The van der Waals surface area contributed by atoms with Crippen molar-refractivity contribution in [3.05, 3.63) is 64.4 Å². The van der Waals surface area contributed by atoms with Crippen LogP contribution in [-0.4, -0.2) is 5.91 Å². The summed E-state index contributed by atoms with van der Waals surface area (Å²) in [5.74, 6) is -1.11. The van der Waals surface area contributed by atoms with Crippen LogP contribution < -0.4 is 5.32 Å². The lowest BCUT2D eigenvalue weighted by Gasteiger charge is -2.25. The van der Waals surface area contributed by atoms with Crippen LogP contribution in [0.1, 0.15) is 16.4 Å². The lowest BCUT2D eigenvalue weighted by Crippen LogP contribution is -2.36. The van der Waals surface area contributed by atoms with Gasteiger partial charge in [-0.1, -0.05) is 42.5 Å². The minimum atomic E-state index is -0.680. The van der Waals surface area contributed by atoms with Crippen LogP contribution in [0.2, 0.25) is 0 Å². The Morgan fingerprint density at radius 2 is 1.95 bits per heavy atom. The fourth-order valence-electron chi connectivity index (χ4n) is 2.37. The van der Waals surface area contributed by atoms with Crippen molar-refractivity contribution in [1.82, 2.24) is 5.32 Å². The Morgan fingerprint density at radius 3 is 2.60 bits per heavy atom. The maximum Gasteiger partial charge on any atom is 0.242 e. The van der Waals surface area contributed by atoms with E-state index in [9.17, 15) is 10.1 Å². The van der Waals surface area contributed by atoms with E-state index >= 15 is 0 Å². The molecule has 2 atom stereocenters. The highest BCUT2D eigenvalue weighted by Crippen LogP contribution is 2.33. The number of thiophene rings is 1. The van der Waals surface area contributed by atoms with Crippen LogP contribution in [0.15, 0.2) is 53.9 Å². The number of rotatable bonds is 2. The second kappa shape index (κ2) is 5.32. The first-order valence-electron chi connectivity index (χ1n) is 6.30. The van der Waals surface area contributed by atoms with Gasteiger partial charge in [-0.3, -0.25) is 4.79 Å². The molecule has 3 nitrogen and oxygen atoms in total. The van der Waals surface area contributed by atoms with Crippen molar-refractivity contribution in [3.8, 4) is 6.07 Å². The van der Waals surface area contributed by atoms with Gasteiger partial charge in [0.25, 0.3) is 0 Å². The molecule has 0 saturated carbocycles. The molecule has 98 valence electrons. The summed E-state index contributed by atoms with van der Waals surface area (Å²) in [4.78, 5) is 13.2. The van der Waals surface area contributed by atoms with E-state index in [4.69, 9.17) is 0 Å². The quantitative estimate of drug-likeness (QED) is 0.918. The van der Waals surface area contributed by atoms with Crippen LogP contribution in [0, 0.1) is 17.2 Å². The summed E-state index contributed by atoms with van der Waals surface area (Å²) in [7, 11) is 0. The van der Waals surface area contributed by atoms with Crippen LogP contribution in [0.4, 0.5) is 0 Å². The summed E-state index contributed by atoms with van der Waals surface area (Å²) < 4.78 is 0. The normalized spacial score (nSPS) is 21.8. The number of carbonyl (C=O) groups excluding carboxylic acids is 1. The largest absolute Gasteiger partial charge is 0.324 e. The summed E-state index contributed by atoms with van der Waals surface area (Å²) in [5.41, 5.74) is 1.79. The number of nitrogens with zero attached hydrogens (tertiary/aromatic N) is 1. The van der Waals surface area contributed by atoms with Crippen molar-refractivity contribution in [3.63, 3.8) is 0 Å². The Labute approximate surface area is 121 Å². The third-order valence-electron chi connectivity index (χ3n) is 3.36. The topological polar surface area (TPSA) is 52.9 Å². The molecule has 20 heavy (non-hydrogen) atoms. The third-order valence-corrected chi connectivity index (χ3v) is 4.26. The molecular weight excluding hydrogens is 268 g/mol. The molecule has 1 N–H and O–H groups in total. The van der Waals surface area contributed by atoms with Crippen LogP contribution in [-0.2, 0) is 4.79 Å². The van der Waals surface area contributed by atoms with E-state index in [2.05, 4.69) is 11.4 Å². The Bertz CT molecular complexity index is 683. The second-order valence-corrected chi connectivity index (χ2v) is 5.54. The maximum absolute atomic E-state index is 12.1. The van der Waals surface area contributed by atoms with Crippen LogP contribution in [0.3, 0.4) is 0 Å². The van der Waals surface area contributed by atoms with Crippen LogP contribution in [0.5, 0.6) is 0 Å². The van der Waals surface area contributed by atoms with E-state index in [1.54, 1.807) is 11.3 Å². The average molecular weight is 280 g/mol. The first kappa shape index (κ1) is 12.6. The molecule has 0 aliphatic carbocycles. The molecule has 0 unspecified atom stereocenters. The zero-order chi connectivity index (χ0) is 13.9. The summed E-state index contributed by atoms with van der Waals surface area (Å²) in [6, 6.07) is 15.7. The van der Waals surface area contributed by atoms with E-state index in [-0.39, 0.29) is 11.8 Å². The molecule has 1 aliphatic heterocycles. The van der Waals surface area contributed by atoms with Crippen molar-refractivity contribution >= 4 is 22.9 Å². The van der Waals surface area contributed by atoms with Gasteiger partial charge in [-0.25, -0.2) is 0 Å². The number of nitriles is 1. The lowest BCUT2D eigenvalue weighted by molar-refractivity contribution is -0.122. The molecule has 0 bridgehead atoms. The summed E-state index contributed by atoms with van der Waals surface area (Å²) in [6.45, 7) is 0. The number of carbonyl (C=O) groups is 1. The molecule has 0 fully saturated rings. The van der Waals surface area contributed by atoms with Gasteiger partial charge < -0.3 is 5.32 Å². The zero-order valence-electron chi connectivity index (χ0n) is 10.6. The molecule has 2 aromatic rings. The molecular formula is C16H12N2OS. The summed E-state index contributed by atoms with van der Waals surface area (Å²) >= 11 is 1.57. The number of nitrogens with one attached hydrogen (secondary N) is 1. The molecule has 4 heteroatoms. The maximum atomic E-state index is 12.1. The molecule has 0 saturated heterocycles. The Kier molecular flexibility index (Phi) is 3.36. The van der Waals surface area contributed by atoms with E-state index in [1.807, 2.05) is 53.9 Å². The molecule has 1 aromatic carbocycles.